The van der Waals surface area contributed by atoms with E-state index in [4.69, 9.17) is 11.6 Å². The van der Waals surface area contributed by atoms with Crippen molar-refractivity contribution in [1.82, 2.24) is 5.32 Å². The van der Waals surface area contributed by atoms with Crippen molar-refractivity contribution in [1.29, 1.82) is 0 Å². The Morgan fingerprint density at radius 2 is 1.88 bits per heavy atom. The molecule has 0 heterocycles. The molecule has 0 saturated heterocycles. The van der Waals surface area contributed by atoms with Gasteiger partial charge in [0.2, 0.25) is 5.91 Å². The third-order valence-electron chi connectivity index (χ3n) is 3.91. The largest absolute Gasteiger partial charge is 0.508 e. The van der Waals surface area contributed by atoms with Crippen molar-refractivity contribution in [2.45, 2.75) is 26.3 Å². The number of nitrogens with zero attached hydrogens (tertiary/aromatic N) is 1. The molecule has 0 aromatic heterocycles. The Kier molecular flexibility index (Phi) is 5.98. The summed E-state index contributed by atoms with van der Waals surface area (Å²) in [6, 6.07) is 10.8. The van der Waals surface area contributed by atoms with E-state index in [-0.39, 0.29) is 29.8 Å². The molecule has 0 spiro atoms. The average molecular weight is 363 g/mol. The second-order valence-electron chi connectivity index (χ2n) is 6.06. The van der Waals surface area contributed by atoms with Crippen LogP contribution in [0.4, 0.5) is 5.69 Å². The Morgan fingerprint density at radius 3 is 2.44 bits per heavy atom. The van der Waals surface area contributed by atoms with Crippen LogP contribution in [-0.4, -0.2) is 15.9 Å². The molecule has 132 valence electrons. The summed E-state index contributed by atoms with van der Waals surface area (Å²) in [6.07, 6.45) is 0. The number of amides is 1. The number of phenols is 1. The average Bonchev–Trinajstić information content (AvgIpc) is 2.55. The zero-order valence-corrected chi connectivity index (χ0v) is 14.7. The van der Waals surface area contributed by atoms with E-state index in [9.17, 15) is 20.0 Å². The lowest BCUT2D eigenvalue weighted by molar-refractivity contribution is -0.384. The van der Waals surface area contributed by atoms with E-state index in [1.807, 2.05) is 13.8 Å². The second kappa shape index (κ2) is 7.98. The molecule has 0 radical (unpaired) electrons. The van der Waals surface area contributed by atoms with Crippen molar-refractivity contribution in [3.05, 3.63) is 68.7 Å². The van der Waals surface area contributed by atoms with Crippen LogP contribution in [0.1, 0.15) is 30.9 Å². The van der Waals surface area contributed by atoms with E-state index in [1.54, 1.807) is 24.3 Å². The van der Waals surface area contributed by atoms with Gasteiger partial charge in [-0.15, -0.1) is 0 Å². The van der Waals surface area contributed by atoms with Crippen LogP contribution in [0.25, 0.3) is 0 Å². The number of nitro groups is 1. The van der Waals surface area contributed by atoms with Gasteiger partial charge >= 0.3 is 0 Å². The molecule has 0 aliphatic carbocycles. The molecule has 0 unspecified atom stereocenters. The van der Waals surface area contributed by atoms with Crippen molar-refractivity contribution >= 4 is 23.2 Å². The molecule has 0 aliphatic rings. The number of nitro benzene ring substituents is 1. The van der Waals surface area contributed by atoms with E-state index in [2.05, 4.69) is 5.32 Å². The van der Waals surface area contributed by atoms with Crippen LogP contribution in [-0.2, 0) is 11.3 Å². The smallest absolute Gasteiger partial charge is 0.270 e. The van der Waals surface area contributed by atoms with Crippen molar-refractivity contribution in [3.63, 3.8) is 0 Å². The molecule has 25 heavy (non-hydrogen) atoms. The van der Waals surface area contributed by atoms with Gasteiger partial charge in [-0.3, -0.25) is 14.9 Å². The number of aromatic hydroxyl groups is 1. The lowest BCUT2D eigenvalue weighted by Crippen LogP contribution is -2.31. The maximum atomic E-state index is 12.6. The lowest BCUT2D eigenvalue weighted by Gasteiger charge is -2.21. The Morgan fingerprint density at radius 1 is 1.24 bits per heavy atom. The van der Waals surface area contributed by atoms with Crippen molar-refractivity contribution in [3.8, 4) is 5.75 Å². The maximum absolute atomic E-state index is 12.6. The standard InChI is InChI=1S/C18H19ClN2O4/c1-11(2)17(12-3-5-14(19)6-4-12)18(23)20-10-13-9-15(21(24)25)7-8-16(13)22/h3-9,11,17,22H,10H2,1-2H3,(H,20,23)/t17-/m0/s1. The number of carbonyl (C=O) groups excluding carboxylic acids is 1. The third kappa shape index (κ3) is 4.70. The molecular weight excluding hydrogens is 344 g/mol. The van der Waals surface area contributed by atoms with E-state index >= 15 is 0 Å². The molecule has 0 aliphatic heterocycles. The number of halogens is 1. The Balaban J connectivity index is 2.15. The summed E-state index contributed by atoms with van der Waals surface area (Å²) in [4.78, 5) is 22.9. The number of phenolic OH excluding ortho intramolecular Hbond substituents is 1. The molecule has 0 saturated carbocycles. The molecule has 2 aromatic carbocycles. The van der Waals surface area contributed by atoms with Crippen LogP contribution < -0.4 is 5.32 Å². The number of hydrogen-bond acceptors (Lipinski definition) is 4. The van der Waals surface area contributed by atoms with E-state index < -0.39 is 10.8 Å². The van der Waals surface area contributed by atoms with E-state index in [0.29, 0.717) is 10.6 Å². The Hall–Kier alpha value is -2.60. The van der Waals surface area contributed by atoms with E-state index in [1.165, 1.54) is 18.2 Å². The molecule has 6 nitrogen and oxygen atoms in total. The van der Waals surface area contributed by atoms with Gasteiger partial charge in [-0.05, 0) is 29.7 Å². The number of nitrogens with one attached hydrogen (secondary N) is 1. The molecule has 1 amide bonds. The monoisotopic (exact) mass is 362 g/mol. The van der Waals surface area contributed by atoms with Gasteiger partial charge in [0.25, 0.3) is 5.69 Å². The van der Waals surface area contributed by atoms with Crippen molar-refractivity contribution in [2.24, 2.45) is 5.92 Å². The fourth-order valence-corrected chi connectivity index (χ4v) is 2.75. The highest BCUT2D eigenvalue weighted by Gasteiger charge is 2.24. The summed E-state index contributed by atoms with van der Waals surface area (Å²) in [5, 5.41) is 24.0. The van der Waals surface area contributed by atoms with Gasteiger partial charge in [-0.2, -0.15) is 0 Å². The van der Waals surface area contributed by atoms with Gasteiger partial charge in [0.15, 0.2) is 0 Å². The minimum absolute atomic E-state index is 0.00313. The normalized spacial score (nSPS) is 12.0. The van der Waals surface area contributed by atoms with Gasteiger partial charge in [0.05, 0.1) is 10.8 Å². The van der Waals surface area contributed by atoms with Gasteiger partial charge < -0.3 is 10.4 Å². The molecule has 0 bridgehead atoms. The predicted octanol–water partition coefficient (Wildman–Crippen LogP) is 4.01. The number of hydrogen-bond donors (Lipinski definition) is 2. The molecule has 2 aromatic rings. The van der Waals surface area contributed by atoms with E-state index in [0.717, 1.165) is 5.56 Å². The highest BCUT2D eigenvalue weighted by Crippen LogP contribution is 2.27. The van der Waals surface area contributed by atoms with Crippen molar-refractivity contribution in [2.75, 3.05) is 0 Å². The topological polar surface area (TPSA) is 92.5 Å². The summed E-state index contributed by atoms with van der Waals surface area (Å²) in [5.74, 6) is -0.667. The fraction of sp³-hybridized carbons (Fsp3) is 0.278. The SMILES string of the molecule is CC(C)[C@H](C(=O)NCc1cc([N+](=O)[O-])ccc1O)c1ccc(Cl)cc1. The van der Waals surface area contributed by atoms with Crippen LogP contribution >= 0.6 is 11.6 Å². The molecule has 0 fully saturated rings. The number of rotatable bonds is 6. The summed E-state index contributed by atoms with van der Waals surface area (Å²) in [6.45, 7) is 3.87. The highest BCUT2D eigenvalue weighted by atomic mass is 35.5. The molecule has 2 rings (SSSR count). The van der Waals surface area contributed by atoms with Crippen molar-refractivity contribution < 1.29 is 14.8 Å². The quantitative estimate of drug-likeness (QED) is 0.599. The van der Waals surface area contributed by atoms with Gasteiger partial charge in [-0.1, -0.05) is 37.6 Å². The first-order valence-corrected chi connectivity index (χ1v) is 8.17. The highest BCUT2D eigenvalue weighted by molar-refractivity contribution is 6.30. The fourth-order valence-electron chi connectivity index (χ4n) is 2.63. The lowest BCUT2D eigenvalue weighted by atomic mass is 9.87. The zero-order chi connectivity index (χ0) is 18.6. The Labute approximate surface area is 150 Å². The summed E-state index contributed by atoms with van der Waals surface area (Å²) >= 11 is 5.89. The minimum atomic E-state index is -0.546. The molecule has 7 heteroatoms. The first-order chi connectivity index (χ1) is 11.8. The minimum Gasteiger partial charge on any atom is -0.508 e. The van der Waals surface area contributed by atoms with Gasteiger partial charge in [-0.25, -0.2) is 0 Å². The Bertz CT molecular complexity index is 775. The van der Waals surface area contributed by atoms with Crippen LogP contribution in [0.3, 0.4) is 0 Å². The first kappa shape index (κ1) is 18.7. The van der Waals surface area contributed by atoms with Gasteiger partial charge in [0, 0.05) is 29.3 Å². The number of benzene rings is 2. The molecule has 1 atom stereocenters. The van der Waals surface area contributed by atoms with Gasteiger partial charge in [0.1, 0.15) is 5.75 Å². The first-order valence-electron chi connectivity index (χ1n) is 7.79. The molecule has 2 N–H and O–H groups in total. The summed E-state index contributed by atoms with van der Waals surface area (Å²) < 4.78 is 0. The third-order valence-corrected chi connectivity index (χ3v) is 4.16. The van der Waals surface area contributed by atoms with Crippen LogP contribution in [0.2, 0.25) is 5.02 Å². The molecular formula is C18H19ClN2O4. The second-order valence-corrected chi connectivity index (χ2v) is 6.50. The van der Waals surface area contributed by atoms with Crippen LogP contribution in [0.15, 0.2) is 42.5 Å². The number of non-ortho nitro benzene ring substituents is 1. The van der Waals surface area contributed by atoms with Crippen LogP contribution in [0.5, 0.6) is 5.75 Å². The number of carbonyl (C=O) groups is 1. The maximum Gasteiger partial charge on any atom is 0.270 e. The zero-order valence-electron chi connectivity index (χ0n) is 13.9. The summed E-state index contributed by atoms with van der Waals surface area (Å²) in [7, 11) is 0. The van der Waals surface area contributed by atoms with Crippen LogP contribution in [0, 0.1) is 16.0 Å². The predicted molar refractivity (Wildman–Crippen MR) is 95.6 cm³/mol. The summed E-state index contributed by atoms with van der Waals surface area (Å²) in [5.41, 5.74) is 0.987.